The van der Waals surface area contributed by atoms with Crippen molar-refractivity contribution in [1.29, 1.82) is 0 Å². The average molecular weight is 197 g/mol. The number of hydrogen-bond donors (Lipinski definition) is 1. The minimum Gasteiger partial charge on any atom is -0.330 e. The molecule has 0 aliphatic carbocycles. The summed E-state index contributed by atoms with van der Waals surface area (Å²) < 4.78 is 25.6. The first-order valence-corrected chi connectivity index (χ1v) is 4.47. The molecule has 0 aliphatic rings. The van der Waals surface area contributed by atoms with Crippen LogP contribution in [0.5, 0.6) is 0 Å². The number of benzene rings is 1. The van der Waals surface area contributed by atoms with Gasteiger partial charge in [0.2, 0.25) is 0 Å². The molecule has 14 heavy (non-hydrogen) atoms. The maximum atomic E-state index is 12.8. The maximum absolute atomic E-state index is 12.8. The van der Waals surface area contributed by atoms with Gasteiger partial charge in [0.25, 0.3) is 0 Å². The van der Waals surface area contributed by atoms with Crippen LogP contribution in [0.25, 0.3) is 5.57 Å². The molecule has 2 N–H and O–H groups in total. The van der Waals surface area contributed by atoms with Crippen LogP contribution in [0.15, 0.2) is 24.3 Å². The average Bonchev–Trinajstić information content (AvgIpc) is 2.12. The second kappa shape index (κ2) is 4.86. The van der Waals surface area contributed by atoms with Crippen LogP contribution >= 0.6 is 0 Å². The number of allylic oxidation sites excluding steroid dienone is 1. The second-order valence-electron chi connectivity index (χ2n) is 3.12. The second-order valence-corrected chi connectivity index (χ2v) is 3.12. The van der Waals surface area contributed by atoms with E-state index in [0.29, 0.717) is 18.5 Å². The Morgan fingerprint density at radius 1 is 1.29 bits per heavy atom. The van der Waals surface area contributed by atoms with Crippen LogP contribution in [0.3, 0.4) is 0 Å². The number of halogens is 2. The lowest BCUT2D eigenvalue weighted by atomic mass is 10.1. The van der Waals surface area contributed by atoms with E-state index in [0.717, 1.165) is 11.6 Å². The number of nitrogens with two attached hydrogens (primary N) is 1. The van der Waals surface area contributed by atoms with Crippen molar-refractivity contribution in [1.82, 2.24) is 0 Å². The Hall–Kier alpha value is -1.22. The van der Waals surface area contributed by atoms with Gasteiger partial charge in [-0.05, 0) is 43.2 Å². The van der Waals surface area contributed by atoms with Crippen molar-refractivity contribution in [3.63, 3.8) is 0 Å². The smallest absolute Gasteiger partial charge is 0.126 e. The zero-order chi connectivity index (χ0) is 10.6. The van der Waals surface area contributed by atoms with Gasteiger partial charge in [-0.2, -0.15) is 0 Å². The van der Waals surface area contributed by atoms with E-state index < -0.39 is 11.6 Å². The molecular weight excluding hydrogens is 184 g/mol. The highest BCUT2D eigenvalue weighted by Crippen LogP contribution is 2.17. The molecule has 0 fully saturated rings. The summed E-state index contributed by atoms with van der Waals surface area (Å²) in [7, 11) is 0. The standard InChI is InChI=1S/C11H13F2N/c1-8(3-2-4-14)9-5-10(12)7-11(13)6-9/h3,5-7H,2,4,14H2,1H3. The lowest BCUT2D eigenvalue weighted by molar-refractivity contribution is 0.582. The fourth-order valence-corrected chi connectivity index (χ4v) is 1.20. The zero-order valence-electron chi connectivity index (χ0n) is 8.06. The van der Waals surface area contributed by atoms with Crippen LogP contribution in [0.1, 0.15) is 18.9 Å². The molecule has 0 amide bonds. The zero-order valence-corrected chi connectivity index (χ0v) is 8.06. The lowest BCUT2D eigenvalue weighted by Gasteiger charge is -2.02. The molecular formula is C11H13F2N. The summed E-state index contributed by atoms with van der Waals surface area (Å²) in [5.74, 6) is -1.11. The summed E-state index contributed by atoms with van der Waals surface area (Å²) in [6.07, 6.45) is 2.58. The highest BCUT2D eigenvalue weighted by molar-refractivity contribution is 5.63. The summed E-state index contributed by atoms with van der Waals surface area (Å²) in [5.41, 5.74) is 6.73. The van der Waals surface area contributed by atoms with Gasteiger partial charge in [-0.25, -0.2) is 8.78 Å². The summed E-state index contributed by atoms with van der Waals surface area (Å²) in [5, 5.41) is 0. The summed E-state index contributed by atoms with van der Waals surface area (Å²) in [6.45, 7) is 2.35. The van der Waals surface area contributed by atoms with Crippen LogP contribution in [0.2, 0.25) is 0 Å². The molecule has 1 aromatic carbocycles. The molecule has 76 valence electrons. The first kappa shape index (κ1) is 10.9. The first-order valence-electron chi connectivity index (χ1n) is 4.47. The predicted octanol–water partition coefficient (Wildman–Crippen LogP) is 2.72. The molecule has 0 spiro atoms. The van der Waals surface area contributed by atoms with Crippen LogP contribution in [0.4, 0.5) is 8.78 Å². The van der Waals surface area contributed by atoms with Crippen molar-refractivity contribution >= 4 is 5.57 Å². The topological polar surface area (TPSA) is 26.0 Å². The van der Waals surface area contributed by atoms with Crippen molar-refractivity contribution in [2.45, 2.75) is 13.3 Å². The highest BCUT2D eigenvalue weighted by Gasteiger charge is 2.01. The molecule has 1 rings (SSSR count). The highest BCUT2D eigenvalue weighted by atomic mass is 19.1. The Kier molecular flexibility index (Phi) is 3.77. The monoisotopic (exact) mass is 197 g/mol. The van der Waals surface area contributed by atoms with E-state index in [1.807, 2.05) is 13.0 Å². The van der Waals surface area contributed by atoms with E-state index in [4.69, 9.17) is 5.73 Å². The Balaban J connectivity index is 2.95. The van der Waals surface area contributed by atoms with Crippen molar-refractivity contribution in [2.75, 3.05) is 6.54 Å². The third-order valence-electron chi connectivity index (χ3n) is 1.94. The maximum Gasteiger partial charge on any atom is 0.126 e. The predicted molar refractivity (Wildman–Crippen MR) is 53.7 cm³/mol. The van der Waals surface area contributed by atoms with Gasteiger partial charge >= 0.3 is 0 Å². The minimum atomic E-state index is -0.555. The molecule has 0 saturated heterocycles. The number of rotatable bonds is 3. The summed E-state index contributed by atoms with van der Waals surface area (Å²) >= 11 is 0. The quantitative estimate of drug-likeness (QED) is 0.792. The van der Waals surface area contributed by atoms with Gasteiger partial charge in [0.15, 0.2) is 0 Å². The van der Waals surface area contributed by atoms with Gasteiger partial charge in [0, 0.05) is 6.07 Å². The van der Waals surface area contributed by atoms with Crippen LogP contribution in [0, 0.1) is 11.6 Å². The van der Waals surface area contributed by atoms with Crippen molar-refractivity contribution in [3.8, 4) is 0 Å². The largest absolute Gasteiger partial charge is 0.330 e. The van der Waals surface area contributed by atoms with Crippen LogP contribution < -0.4 is 5.73 Å². The first-order chi connectivity index (χ1) is 6.63. The minimum absolute atomic E-state index is 0.537. The Morgan fingerprint density at radius 2 is 1.86 bits per heavy atom. The molecule has 0 radical (unpaired) electrons. The Labute approximate surface area is 82.2 Å². The molecule has 0 aliphatic heterocycles. The third kappa shape index (κ3) is 2.92. The summed E-state index contributed by atoms with van der Waals surface area (Å²) in [4.78, 5) is 0. The van der Waals surface area contributed by atoms with E-state index in [1.54, 1.807) is 0 Å². The van der Waals surface area contributed by atoms with Gasteiger partial charge in [0.05, 0.1) is 0 Å². The fraction of sp³-hybridized carbons (Fsp3) is 0.273. The SMILES string of the molecule is CC(=CCCN)c1cc(F)cc(F)c1. The summed E-state index contributed by atoms with van der Waals surface area (Å²) in [6, 6.07) is 3.48. The third-order valence-corrected chi connectivity index (χ3v) is 1.94. The van der Waals surface area contributed by atoms with Crippen LogP contribution in [-0.2, 0) is 0 Å². The van der Waals surface area contributed by atoms with Gasteiger partial charge in [-0.3, -0.25) is 0 Å². The molecule has 1 nitrogen and oxygen atoms in total. The van der Waals surface area contributed by atoms with Gasteiger partial charge in [0.1, 0.15) is 11.6 Å². The van der Waals surface area contributed by atoms with Crippen molar-refractivity contribution < 1.29 is 8.78 Å². The van der Waals surface area contributed by atoms with Gasteiger partial charge < -0.3 is 5.73 Å². The van der Waals surface area contributed by atoms with E-state index in [2.05, 4.69) is 0 Å². The molecule has 0 aromatic heterocycles. The molecule has 3 heteroatoms. The molecule has 0 saturated carbocycles. The molecule has 0 atom stereocenters. The van der Waals surface area contributed by atoms with Gasteiger partial charge in [-0.1, -0.05) is 6.08 Å². The number of hydrogen-bond acceptors (Lipinski definition) is 1. The van der Waals surface area contributed by atoms with E-state index >= 15 is 0 Å². The fourth-order valence-electron chi connectivity index (χ4n) is 1.20. The van der Waals surface area contributed by atoms with Crippen molar-refractivity contribution in [3.05, 3.63) is 41.5 Å². The molecule has 0 bridgehead atoms. The van der Waals surface area contributed by atoms with Crippen LogP contribution in [-0.4, -0.2) is 6.54 Å². The van der Waals surface area contributed by atoms with E-state index in [9.17, 15) is 8.78 Å². The molecule has 0 unspecified atom stereocenters. The van der Waals surface area contributed by atoms with E-state index in [-0.39, 0.29) is 0 Å². The normalized spacial score (nSPS) is 11.9. The molecule has 1 aromatic rings. The Bertz CT molecular complexity index is 325. The van der Waals surface area contributed by atoms with Gasteiger partial charge in [-0.15, -0.1) is 0 Å². The lowest BCUT2D eigenvalue weighted by Crippen LogP contribution is -1.96. The molecule has 0 heterocycles. The van der Waals surface area contributed by atoms with Crippen molar-refractivity contribution in [2.24, 2.45) is 5.73 Å². The van der Waals surface area contributed by atoms with E-state index in [1.165, 1.54) is 12.1 Å². The Morgan fingerprint density at radius 3 is 2.36 bits per heavy atom.